The molecule has 2 heteroatoms. The molecule has 0 unspecified atom stereocenters. The molecule has 0 atom stereocenters. The van der Waals surface area contributed by atoms with Gasteiger partial charge in [-0.05, 0) is 24.1 Å². The Hall–Kier alpha value is -0.820. The monoisotopic (exact) mass is 151 g/mol. The summed E-state index contributed by atoms with van der Waals surface area (Å²) in [6.45, 7) is 0. The number of nitrogens with zero attached hydrogens (tertiary/aromatic N) is 1. The standard InChI is InChI=1S/C8H6ClN/c9-8-5-4-6-2-1-3-7(6)10-8/h1,3-5H,2H2. The van der Waals surface area contributed by atoms with Gasteiger partial charge in [0.05, 0.1) is 5.69 Å². The van der Waals surface area contributed by atoms with Crippen molar-refractivity contribution in [2.75, 3.05) is 0 Å². The predicted octanol–water partition coefficient (Wildman–Crippen LogP) is 2.30. The van der Waals surface area contributed by atoms with E-state index in [0.717, 1.165) is 12.1 Å². The molecule has 0 saturated carbocycles. The summed E-state index contributed by atoms with van der Waals surface area (Å²) >= 11 is 5.68. The Morgan fingerprint density at radius 2 is 2.30 bits per heavy atom. The molecular formula is C8H6ClN. The number of halogens is 1. The van der Waals surface area contributed by atoms with Crippen LogP contribution in [0.1, 0.15) is 11.3 Å². The maximum Gasteiger partial charge on any atom is 0.129 e. The van der Waals surface area contributed by atoms with Gasteiger partial charge in [-0.1, -0.05) is 23.7 Å². The minimum Gasteiger partial charge on any atom is -0.236 e. The van der Waals surface area contributed by atoms with Crippen molar-refractivity contribution in [1.82, 2.24) is 4.98 Å². The van der Waals surface area contributed by atoms with Crippen LogP contribution in [0.25, 0.3) is 6.08 Å². The zero-order valence-electron chi connectivity index (χ0n) is 5.34. The third-order valence-electron chi connectivity index (χ3n) is 1.59. The Kier molecular flexibility index (Phi) is 1.24. The molecule has 0 fully saturated rings. The second-order valence-corrected chi connectivity index (χ2v) is 2.67. The van der Waals surface area contributed by atoms with E-state index in [9.17, 15) is 0 Å². The largest absolute Gasteiger partial charge is 0.236 e. The number of rotatable bonds is 0. The lowest BCUT2D eigenvalue weighted by Gasteiger charge is -1.95. The maximum absolute atomic E-state index is 5.68. The molecule has 2 rings (SSSR count). The van der Waals surface area contributed by atoms with Crippen LogP contribution in [0.5, 0.6) is 0 Å². The SMILES string of the molecule is Clc1ccc2c(n1)C=CC2. The third-order valence-corrected chi connectivity index (χ3v) is 1.80. The van der Waals surface area contributed by atoms with Gasteiger partial charge in [0.2, 0.25) is 0 Å². The lowest BCUT2D eigenvalue weighted by atomic mass is 10.2. The molecular weight excluding hydrogens is 146 g/mol. The first-order chi connectivity index (χ1) is 4.86. The van der Waals surface area contributed by atoms with Crippen LogP contribution < -0.4 is 0 Å². The predicted molar refractivity (Wildman–Crippen MR) is 42.0 cm³/mol. The molecule has 0 radical (unpaired) electrons. The minimum absolute atomic E-state index is 0.574. The van der Waals surface area contributed by atoms with Crippen LogP contribution >= 0.6 is 11.6 Å². The van der Waals surface area contributed by atoms with E-state index >= 15 is 0 Å². The first-order valence-electron chi connectivity index (χ1n) is 3.18. The van der Waals surface area contributed by atoms with Gasteiger partial charge in [-0.25, -0.2) is 4.98 Å². The first kappa shape index (κ1) is 5.93. The Bertz CT molecular complexity index is 291. The highest BCUT2D eigenvalue weighted by Crippen LogP contribution is 2.18. The highest BCUT2D eigenvalue weighted by Gasteiger charge is 2.04. The number of fused-ring (bicyclic) bond motifs is 1. The molecule has 0 saturated heterocycles. The highest BCUT2D eigenvalue weighted by atomic mass is 35.5. The van der Waals surface area contributed by atoms with Gasteiger partial charge in [-0.3, -0.25) is 0 Å². The van der Waals surface area contributed by atoms with E-state index in [1.54, 1.807) is 0 Å². The van der Waals surface area contributed by atoms with E-state index in [-0.39, 0.29) is 0 Å². The van der Waals surface area contributed by atoms with Crippen LogP contribution in [0.15, 0.2) is 18.2 Å². The number of hydrogen-bond donors (Lipinski definition) is 0. The third kappa shape index (κ3) is 0.830. The smallest absolute Gasteiger partial charge is 0.129 e. The van der Waals surface area contributed by atoms with Gasteiger partial charge in [0.25, 0.3) is 0 Å². The van der Waals surface area contributed by atoms with Gasteiger partial charge < -0.3 is 0 Å². The molecule has 0 N–H and O–H groups in total. The minimum atomic E-state index is 0.574. The summed E-state index contributed by atoms with van der Waals surface area (Å²) in [6.07, 6.45) is 5.09. The zero-order chi connectivity index (χ0) is 6.97. The van der Waals surface area contributed by atoms with Gasteiger partial charge in [0.15, 0.2) is 0 Å². The second-order valence-electron chi connectivity index (χ2n) is 2.28. The topological polar surface area (TPSA) is 12.9 Å². The average molecular weight is 152 g/mol. The van der Waals surface area contributed by atoms with E-state index in [1.807, 2.05) is 18.2 Å². The molecule has 0 aliphatic heterocycles. The molecule has 1 heterocycles. The van der Waals surface area contributed by atoms with Crippen molar-refractivity contribution in [3.8, 4) is 0 Å². The number of allylic oxidation sites excluding steroid dienone is 1. The molecule has 0 aromatic carbocycles. The summed E-state index contributed by atoms with van der Waals surface area (Å²) < 4.78 is 0. The summed E-state index contributed by atoms with van der Waals surface area (Å²) in [5, 5.41) is 0.574. The van der Waals surface area contributed by atoms with Crippen LogP contribution in [0.3, 0.4) is 0 Å². The van der Waals surface area contributed by atoms with Crippen LogP contribution in [0.2, 0.25) is 5.15 Å². The van der Waals surface area contributed by atoms with Crippen molar-refractivity contribution < 1.29 is 0 Å². The van der Waals surface area contributed by atoms with Gasteiger partial charge >= 0.3 is 0 Å². The van der Waals surface area contributed by atoms with Crippen LogP contribution in [0.4, 0.5) is 0 Å². The van der Waals surface area contributed by atoms with Crippen LogP contribution in [0, 0.1) is 0 Å². The highest BCUT2D eigenvalue weighted by molar-refractivity contribution is 6.29. The Morgan fingerprint density at radius 3 is 3.20 bits per heavy atom. The number of aromatic nitrogens is 1. The molecule has 1 aromatic heterocycles. The van der Waals surface area contributed by atoms with Gasteiger partial charge in [0.1, 0.15) is 5.15 Å². The summed E-state index contributed by atoms with van der Waals surface area (Å²) in [5.74, 6) is 0. The Morgan fingerprint density at radius 1 is 1.40 bits per heavy atom. The quantitative estimate of drug-likeness (QED) is 0.519. The van der Waals surface area contributed by atoms with E-state index in [4.69, 9.17) is 11.6 Å². The molecule has 50 valence electrons. The van der Waals surface area contributed by atoms with Crippen molar-refractivity contribution in [2.45, 2.75) is 6.42 Å². The fourth-order valence-electron chi connectivity index (χ4n) is 1.09. The normalized spacial score (nSPS) is 13.7. The van der Waals surface area contributed by atoms with Gasteiger partial charge in [-0.15, -0.1) is 0 Å². The molecule has 1 nitrogen and oxygen atoms in total. The van der Waals surface area contributed by atoms with Crippen molar-refractivity contribution >= 4 is 17.7 Å². The van der Waals surface area contributed by atoms with E-state index in [0.29, 0.717) is 5.15 Å². The second kappa shape index (κ2) is 2.10. The number of pyridine rings is 1. The van der Waals surface area contributed by atoms with E-state index < -0.39 is 0 Å². The zero-order valence-corrected chi connectivity index (χ0v) is 6.10. The van der Waals surface area contributed by atoms with Crippen molar-refractivity contribution in [1.29, 1.82) is 0 Å². The molecule has 10 heavy (non-hydrogen) atoms. The summed E-state index contributed by atoms with van der Waals surface area (Å²) in [6, 6.07) is 3.85. The average Bonchev–Trinajstić information content (AvgIpc) is 2.33. The molecule has 1 aliphatic rings. The molecule has 1 aliphatic carbocycles. The Balaban J connectivity index is 2.60. The first-order valence-corrected chi connectivity index (χ1v) is 3.56. The Labute approximate surface area is 64.4 Å². The lowest BCUT2D eigenvalue weighted by molar-refractivity contribution is 1.21. The molecule has 0 spiro atoms. The fourth-order valence-corrected chi connectivity index (χ4v) is 1.25. The van der Waals surface area contributed by atoms with Gasteiger partial charge in [-0.2, -0.15) is 0 Å². The molecule has 0 amide bonds. The van der Waals surface area contributed by atoms with Crippen molar-refractivity contribution in [3.05, 3.63) is 34.6 Å². The summed E-state index contributed by atoms with van der Waals surface area (Å²) in [4.78, 5) is 4.13. The van der Waals surface area contributed by atoms with Crippen LogP contribution in [-0.2, 0) is 6.42 Å². The van der Waals surface area contributed by atoms with Crippen molar-refractivity contribution in [2.24, 2.45) is 0 Å². The van der Waals surface area contributed by atoms with E-state index in [1.165, 1.54) is 5.56 Å². The molecule has 1 aromatic rings. The maximum atomic E-state index is 5.68. The summed E-state index contributed by atoms with van der Waals surface area (Å²) in [5.41, 5.74) is 2.29. The van der Waals surface area contributed by atoms with Crippen LogP contribution in [-0.4, -0.2) is 4.98 Å². The van der Waals surface area contributed by atoms with Crippen molar-refractivity contribution in [3.63, 3.8) is 0 Å². The molecule has 0 bridgehead atoms. The van der Waals surface area contributed by atoms with Gasteiger partial charge in [0, 0.05) is 0 Å². The number of hydrogen-bond acceptors (Lipinski definition) is 1. The fraction of sp³-hybridized carbons (Fsp3) is 0.125. The summed E-state index contributed by atoms with van der Waals surface area (Å²) in [7, 11) is 0. The lowest BCUT2D eigenvalue weighted by Crippen LogP contribution is -1.84. The van der Waals surface area contributed by atoms with E-state index in [2.05, 4.69) is 11.1 Å².